The van der Waals surface area contributed by atoms with Gasteiger partial charge in [-0.25, -0.2) is 9.67 Å². The van der Waals surface area contributed by atoms with E-state index in [0.29, 0.717) is 38.2 Å². The van der Waals surface area contributed by atoms with Crippen LogP contribution < -0.4 is 20.3 Å². The largest absolute Gasteiger partial charge is 0.493 e. The molecule has 32 heavy (non-hydrogen) atoms. The van der Waals surface area contributed by atoms with E-state index in [1.54, 1.807) is 50.6 Å². The predicted molar refractivity (Wildman–Crippen MR) is 125 cm³/mol. The van der Waals surface area contributed by atoms with E-state index in [9.17, 15) is 9.59 Å². The Bertz CT molecular complexity index is 1370. The second-order valence-corrected chi connectivity index (χ2v) is 8.49. The lowest BCUT2D eigenvalue weighted by Gasteiger charge is -2.12. The number of methoxy groups -OCH3 is 2. The van der Waals surface area contributed by atoms with Crippen LogP contribution in [0.15, 0.2) is 47.3 Å². The maximum Gasteiger partial charge on any atom is 0.294 e. The van der Waals surface area contributed by atoms with Gasteiger partial charge in [0, 0.05) is 16.3 Å². The number of aryl methyl sites for hydroxylation is 1. The number of halogens is 1. The molecule has 1 amide bonds. The number of anilines is 1. The summed E-state index contributed by atoms with van der Waals surface area (Å²) >= 11 is 7.25. The number of amides is 1. The van der Waals surface area contributed by atoms with Crippen molar-refractivity contribution in [1.82, 2.24) is 14.8 Å². The van der Waals surface area contributed by atoms with Gasteiger partial charge in [-0.3, -0.25) is 9.59 Å². The number of aromatic nitrogens is 3. The highest BCUT2D eigenvalue weighted by Gasteiger charge is 2.19. The van der Waals surface area contributed by atoms with Crippen LogP contribution in [0, 0.1) is 6.92 Å². The van der Waals surface area contributed by atoms with E-state index in [0.717, 1.165) is 9.69 Å². The first-order valence-corrected chi connectivity index (χ1v) is 10.7. The van der Waals surface area contributed by atoms with Crippen molar-refractivity contribution < 1.29 is 14.3 Å². The molecule has 1 N–H and O–H groups in total. The minimum absolute atomic E-state index is 0.270. The van der Waals surface area contributed by atoms with Crippen molar-refractivity contribution in [2.75, 3.05) is 19.5 Å². The fourth-order valence-corrected chi connectivity index (χ4v) is 4.26. The number of thiazole rings is 1. The zero-order valence-electron chi connectivity index (χ0n) is 17.5. The number of nitrogens with one attached hydrogen (secondary N) is 1. The molecule has 4 aromatic rings. The number of hydrogen-bond acceptors (Lipinski definition) is 7. The lowest BCUT2D eigenvalue weighted by atomic mass is 10.1. The van der Waals surface area contributed by atoms with Crippen LogP contribution in [0.4, 0.5) is 5.69 Å². The molecule has 0 saturated heterocycles. The summed E-state index contributed by atoms with van der Waals surface area (Å²) in [6, 6.07) is 12.1. The molecule has 2 heterocycles. The van der Waals surface area contributed by atoms with Crippen molar-refractivity contribution in [1.29, 1.82) is 0 Å². The molecule has 0 saturated carbocycles. The molecular weight excluding hydrogens is 452 g/mol. The standard InChI is InChI=1S/C22H19ClN4O4S/c1-12-24-20-21(32-12)19(13-4-9-16(30-2)17(10-13)31-3)26-27(22(20)29)11-18(28)25-15-7-5-14(23)6-8-15/h4-10H,11H2,1-3H3,(H,25,28). The van der Waals surface area contributed by atoms with Gasteiger partial charge in [0.1, 0.15) is 12.2 Å². The van der Waals surface area contributed by atoms with E-state index in [-0.39, 0.29) is 12.1 Å². The van der Waals surface area contributed by atoms with Crippen molar-refractivity contribution in [2.24, 2.45) is 0 Å². The first-order chi connectivity index (χ1) is 15.4. The molecule has 0 bridgehead atoms. The van der Waals surface area contributed by atoms with Gasteiger partial charge >= 0.3 is 0 Å². The average Bonchev–Trinajstić information content (AvgIpc) is 3.18. The highest BCUT2D eigenvalue weighted by atomic mass is 35.5. The Morgan fingerprint density at radius 2 is 1.84 bits per heavy atom. The number of rotatable bonds is 6. The highest BCUT2D eigenvalue weighted by molar-refractivity contribution is 7.19. The van der Waals surface area contributed by atoms with Crippen molar-refractivity contribution in [2.45, 2.75) is 13.5 Å². The molecule has 8 nitrogen and oxygen atoms in total. The summed E-state index contributed by atoms with van der Waals surface area (Å²) in [5.41, 5.74) is 1.65. The summed E-state index contributed by atoms with van der Waals surface area (Å²) < 4.78 is 12.5. The Labute approximate surface area is 192 Å². The van der Waals surface area contributed by atoms with Crippen LogP contribution in [-0.4, -0.2) is 34.9 Å². The predicted octanol–water partition coefficient (Wildman–Crippen LogP) is 4.14. The second-order valence-electron chi connectivity index (χ2n) is 6.85. The van der Waals surface area contributed by atoms with Crippen LogP contribution in [0.3, 0.4) is 0 Å². The maximum absolute atomic E-state index is 13.0. The Hall–Kier alpha value is -3.43. The molecular formula is C22H19ClN4O4S. The number of fused-ring (bicyclic) bond motifs is 1. The van der Waals surface area contributed by atoms with E-state index >= 15 is 0 Å². The van der Waals surface area contributed by atoms with Gasteiger partial charge in [-0.1, -0.05) is 11.6 Å². The maximum atomic E-state index is 13.0. The smallest absolute Gasteiger partial charge is 0.294 e. The van der Waals surface area contributed by atoms with E-state index in [1.807, 2.05) is 13.0 Å². The molecule has 0 radical (unpaired) electrons. The van der Waals surface area contributed by atoms with Gasteiger partial charge in [-0.2, -0.15) is 5.10 Å². The Morgan fingerprint density at radius 3 is 2.53 bits per heavy atom. The third-order valence-electron chi connectivity index (χ3n) is 4.69. The summed E-state index contributed by atoms with van der Waals surface area (Å²) in [6.45, 7) is 1.55. The summed E-state index contributed by atoms with van der Waals surface area (Å²) in [5.74, 6) is 0.703. The van der Waals surface area contributed by atoms with Gasteiger partial charge in [0.2, 0.25) is 5.91 Å². The number of hydrogen-bond donors (Lipinski definition) is 1. The van der Waals surface area contributed by atoms with Crippen molar-refractivity contribution in [3.8, 4) is 22.8 Å². The molecule has 0 unspecified atom stereocenters. The minimum Gasteiger partial charge on any atom is -0.493 e. The zero-order chi connectivity index (χ0) is 22.8. The molecule has 0 atom stereocenters. The molecule has 0 aliphatic rings. The second kappa shape index (κ2) is 8.97. The average molecular weight is 471 g/mol. The molecule has 0 spiro atoms. The van der Waals surface area contributed by atoms with E-state index < -0.39 is 11.5 Å². The molecule has 164 valence electrons. The van der Waals surface area contributed by atoms with Crippen LogP contribution in [-0.2, 0) is 11.3 Å². The van der Waals surface area contributed by atoms with Crippen molar-refractivity contribution >= 4 is 44.7 Å². The van der Waals surface area contributed by atoms with Gasteiger partial charge in [-0.05, 0) is 49.4 Å². The van der Waals surface area contributed by atoms with Crippen molar-refractivity contribution in [3.63, 3.8) is 0 Å². The van der Waals surface area contributed by atoms with Crippen LogP contribution >= 0.6 is 22.9 Å². The van der Waals surface area contributed by atoms with Crippen LogP contribution in [0.1, 0.15) is 5.01 Å². The monoisotopic (exact) mass is 470 g/mol. The van der Waals surface area contributed by atoms with Gasteiger partial charge in [-0.15, -0.1) is 11.3 Å². The number of carbonyl (C=O) groups is 1. The summed E-state index contributed by atoms with van der Waals surface area (Å²) in [4.78, 5) is 30.0. The quantitative estimate of drug-likeness (QED) is 0.455. The fourth-order valence-electron chi connectivity index (χ4n) is 3.22. The molecule has 10 heteroatoms. The molecule has 0 aliphatic carbocycles. The third kappa shape index (κ3) is 4.30. The Balaban J connectivity index is 1.76. The normalized spacial score (nSPS) is 10.9. The minimum atomic E-state index is -0.431. The van der Waals surface area contributed by atoms with E-state index in [4.69, 9.17) is 21.1 Å². The number of ether oxygens (including phenoxy) is 2. The van der Waals surface area contributed by atoms with Crippen LogP contribution in [0.2, 0.25) is 5.02 Å². The summed E-state index contributed by atoms with van der Waals surface area (Å²) in [5, 5.41) is 8.53. The number of carbonyl (C=O) groups excluding carboxylic acids is 1. The van der Waals surface area contributed by atoms with E-state index in [2.05, 4.69) is 15.4 Å². The number of benzene rings is 2. The number of nitrogens with zero attached hydrogens (tertiary/aromatic N) is 3. The lowest BCUT2D eigenvalue weighted by molar-refractivity contribution is -0.117. The molecule has 2 aromatic heterocycles. The fraction of sp³-hybridized carbons (Fsp3) is 0.182. The van der Waals surface area contributed by atoms with Crippen LogP contribution in [0.5, 0.6) is 11.5 Å². The molecule has 0 aliphatic heterocycles. The summed E-state index contributed by atoms with van der Waals surface area (Å²) in [6.07, 6.45) is 0. The Kier molecular flexibility index (Phi) is 6.11. The molecule has 2 aromatic carbocycles. The zero-order valence-corrected chi connectivity index (χ0v) is 19.1. The molecule has 0 fully saturated rings. The van der Waals surface area contributed by atoms with Crippen LogP contribution in [0.25, 0.3) is 21.5 Å². The Morgan fingerprint density at radius 1 is 1.12 bits per heavy atom. The van der Waals surface area contributed by atoms with E-state index in [1.165, 1.54) is 11.3 Å². The third-order valence-corrected chi connectivity index (χ3v) is 5.91. The van der Waals surface area contributed by atoms with Gasteiger partial charge in [0.05, 0.1) is 23.9 Å². The first-order valence-electron chi connectivity index (χ1n) is 9.55. The van der Waals surface area contributed by atoms with Crippen molar-refractivity contribution in [3.05, 3.63) is 62.8 Å². The SMILES string of the molecule is COc1ccc(-c2nn(CC(=O)Nc3ccc(Cl)cc3)c(=O)c3nc(C)sc23)cc1OC. The van der Waals surface area contributed by atoms with Gasteiger partial charge < -0.3 is 14.8 Å². The lowest BCUT2D eigenvalue weighted by Crippen LogP contribution is -2.30. The summed E-state index contributed by atoms with van der Waals surface area (Å²) in [7, 11) is 3.10. The van der Waals surface area contributed by atoms with Gasteiger partial charge in [0.25, 0.3) is 5.56 Å². The molecule has 4 rings (SSSR count). The first kappa shape index (κ1) is 21.8. The van der Waals surface area contributed by atoms with Gasteiger partial charge in [0.15, 0.2) is 17.0 Å². The topological polar surface area (TPSA) is 95.3 Å². The highest BCUT2D eigenvalue weighted by Crippen LogP contribution is 2.35.